The first-order valence-corrected chi connectivity index (χ1v) is 9.33. The quantitative estimate of drug-likeness (QED) is 0.877. The van der Waals surface area contributed by atoms with Gasteiger partial charge in [0, 0.05) is 45.9 Å². The fourth-order valence-electron chi connectivity index (χ4n) is 3.48. The van der Waals surface area contributed by atoms with E-state index in [4.69, 9.17) is 11.6 Å². The zero-order valence-corrected chi connectivity index (χ0v) is 14.6. The Morgan fingerprint density at radius 1 is 1.25 bits per heavy atom. The van der Waals surface area contributed by atoms with Gasteiger partial charge in [-0.25, -0.2) is 0 Å². The molecule has 6 heteroatoms. The van der Waals surface area contributed by atoms with Crippen LogP contribution in [0.4, 0.5) is 0 Å². The number of hydrogen-bond acceptors (Lipinski definition) is 4. The van der Waals surface area contributed by atoms with Crippen molar-refractivity contribution in [3.05, 3.63) is 53.3 Å². The van der Waals surface area contributed by atoms with Gasteiger partial charge < -0.3 is 10.6 Å². The predicted molar refractivity (Wildman–Crippen MR) is 95.6 cm³/mol. The predicted octanol–water partition coefficient (Wildman–Crippen LogP) is 3.51. The Morgan fingerprint density at radius 2 is 2.08 bits per heavy atom. The molecule has 4 rings (SSSR count). The molecule has 0 spiro atoms. The molecule has 0 radical (unpaired) electrons. The molecule has 3 atom stereocenters. The van der Waals surface area contributed by atoms with Crippen molar-refractivity contribution in [2.24, 2.45) is 0 Å². The third-order valence-electron chi connectivity index (χ3n) is 4.70. The molecular formula is C18H18ClN3OS. The number of amides is 1. The highest BCUT2D eigenvalue weighted by Gasteiger charge is 2.39. The summed E-state index contributed by atoms with van der Waals surface area (Å²) in [6.07, 6.45) is 6.80. The number of carbonyl (C=O) groups is 1. The van der Waals surface area contributed by atoms with Crippen LogP contribution in [0, 0.1) is 0 Å². The Balaban J connectivity index is 1.40. The topological polar surface area (TPSA) is 54.0 Å². The maximum atomic E-state index is 12.4. The number of carbonyl (C=O) groups excluding carboxylic acids is 1. The number of fused-ring (bicyclic) bond motifs is 2. The highest BCUT2D eigenvalue weighted by Crippen LogP contribution is 2.32. The monoisotopic (exact) mass is 359 g/mol. The molecule has 3 heterocycles. The molecule has 2 fully saturated rings. The lowest BCUT2D eigenvalue weighted by molar-refractivity contribution is 0.0931. The van der Waals surface area contributed by atoms with Crippen LogP contribution in [0.25, 0.3) is 0 Å². The van der Waals surface area contributed by atoms with Crippen LogP contribution in [0.5, 0.6) is 0 Å². The lowest BCUT2D eigenvalue weighted by Gasteiger charge is -2.21. The number of pyridine rings is 1. The average molecular weight is 360 g/mol. The first kappa shape index (κ1) is 15.9. The molecule has 1 amide bonds. The number of hydrogen-bond donors (Lipinski definition) is 2. The van der Waals surface area contributed by atoms with Gasteiger partial charge in [0.05, 0.1) is 5.02 Å². The van der Waals surface area contributed by atoms with E-state index in [1.54, 1.807) is 24.2 Å². The summed E-state index contributed by atoms with van der Waals surface area (Å²) < 4.78 is 0. The highest BCUT2D eigenvalue weighted by atomic mass is 35.5. The molecule has 124 valence electrons. The Hall–Kier alpha value is -1.56. The summed E-state index contributed by atoms with van der Waals surface area (Å²) in [6, 6.07) is 10.8. The third-order valence-corrected chi connectivity index (χ3v) is 6.19. The molecule has 2 bridgehead atoms. The van der Waals surface area contributed by atoms with E-state index >= 15 is 0 Å². The fraction of sp³-hybridized carbons (Fsp3) is 0.333. The van der Waals surface area contributed by atoms with Gasteiger partial charge in [-0.15, -0.1) is 0 Å². The first-order valence-electron chi connectivity index (χ1n) is 8.13. The minimum absolute atomic E-state index is 0.00726. The summed E-state index contributed by atoms with van der Waals surface area (Å²) >= 11 is 7.69. The average Bonchev–Trinajstić information content (AvgIpc) is 3.20. The van der Waals surface area contributed by atoms with E-state index in [1.165, 1.54) is 6.42 Å². The van der Waals surface area contributed by atoms with Crippen molar-refractivity contribution in [1.82, 2.24) is 15.6 Å². The van der Waals surface area contributed by atoms with Gasteiger partial charge in [0.15, 0.2) is 0 Å². The van der Waals surface area contributed by atoms with Crippen LogP contribution in [-0.4, -0.2) is 29.0 Å². The third kappa shape index (κ3) is 3.29. The number of rotatable bonds is 4. The van der Waals surface area contributed by atoms with E-state index in [0.29, 0.717) is 22.7 Å². The van der Waals surface area contributed by atoms with Gasteiger partial charge in [-0.2, -0.15) is 0 Å². The zero-order chi connectivity index (χ0) is 16.5. The van der Waals surface area contributed by atoms with Crippen LogP contribution in [-0.2, 0) is 0 Å². The largest absolute Gasteiger partial charge is 0.348 e. The smallest absolute Gasteiger partial charge is 0.251 e. The molecule has 2 aliphatic rings. The number of nitrogens with one attached hydrogen (secondary N) is 2. The second-order valence-electron chi connectivity index (χ2n) is 6.30. The number of aromatic nitrogens is 1. The molecule has 1 aromatic heterocycles. The summed E-state index contributed by atoms with van der Waals surface area (Å²) in [5.74, 6) is 0.00726. The summed E-state index contributed by atoms with van der Waals surface area (Å²) in [5, 5.41) is 7.34. The van der Waals surface area contributed by atoms with Crippen molar-refractivity contribution in [2.75, 3.05) is 0 Å². The Labute approximate surface area is 150 Å². The molecule has 24 heavy (non-hydrogen) atoms. The van der Waals surface area contributed by atoms with Crippen LogP contribution in [0.15, 0.2) is 52.5 Å². The van der Waals surface area contributed by atoms with Crippen LogP contribution in [0.1, 0.15) is 29.6 Å². The molecule has 2 aromatic rings. The van der Waals surface area contributed by atoms with E-state index in [2.05, 4.69) is 15.6 Å². The van der Waals surface area contributed by atoms with Crippen molar-refractivity contribution in [2.45, 2.75) is 47.2 Å². The zero-order valence-electron chi connectivity index (χ0n) is 13.0. The molecule has 2 aliphatic heterocycles. The first-order chi connectivity index (χ1) is 11.7. The minimum atomic E-state index is 0.00726. The van der Waals surface area contributed by atoms with E-state index < -0.39 is 0 Å². The van der Waals surface area contributed by atoms with Gasteiger partial charge in [0.25, 0.3) is 5.91 Å². The van der Waals surface area contributed by atoms with E-state index in [1.807, 2.05) is 30.3 Å². The molecule has 0 aliphatic carbocycles. The van der Waals surface area contributed by atoms with Gasteiger partial charge in [-0.1, -0.05) is 23.4 Å². The van der Waals surface area contributed by atoms with Gasteiger partial charge in [-0.3, -0.25) is 9.78 Å². The van der Waals surface area contributed by atoms with Crippen LogP contribution in [0.3, 0.4) is 0 Å². The Kier molecular flexibility index (Phi) is 4.48. The van der Waals surface area contributed by atoms with Crippen molar-refractivity contribution in [1.29, 1.82) is 0 Å². The minimum Gasteiger partial charge on any atom is -0.348 e. The molecular weight excluding hydrogens is 342 g/mol. The number of benzene rings is 1. The highest BCUT2D eigenvalue weighted by molar-refractivity contribution is 7.99. The maximum Gasteiger partial charge on any atom is 0.251 e. The second kappa shape index (κ2) is 6.75. The standard InChI is InChI=1S/C18H18ClN3OS/c19-14-10-20-8-7-17(14)24-13-4-1-11(2-5-13)18(23)22-16-9-12-3-6-15(16)21-12/h1-2,4-5,7-8,10,12,15-16,21H,3,6,9H2,(H,22,23)/t12-,15+,16-/m1/s1. The number of nitrogens with zero attached hydrogens (tertiary/aromatic N) is 1. The maximum absolute atomic E-state index is 12.4. The summed E-state index contributed by atoms with van der Waals surface area (Å²) in [5.41, 5.74) is 0.697. The summed E-state index contributed by atoms with van der Waals surface area (Å²) in [7, 11) is 0. The summed E-state index contributed by atoms with van der Waals surface area (Å²) in [4.78, 5) is 18.4. The molecule has 1 aromatic carbocycles. The fourth-order valence-corrected chi connectivity index (χ4v) is 4.52. The van der Waals surface area contributed by atoms with Gasteiger partial charge in [0.2, 0.25) is 0 Å². The van der Waals surface area contributed by atoms with Gasteiger partial charge >= 0.3 is 0 Å². The van der Waals surface area contributed by atoms with Gasteiger partial charge in [0.1, 0.15) is 0 Å². The normalized spacial score (nSPS) is 25.0. The van der Waals surface area contributed by atoms with Crippen LogP contribution >= 0.6 is 23.4 Å². The van der Waals surface area contributed by atoms with Crippen molar-refractivity contribution >= 4 is 29.3 Å². The SMILES string of the molecule is O=C(N[C@@H]1C[C@H]2CC[C@@H]1N2)c1ccc(Sc2ccncc2Cl)cc1. The Morgan fingerprint density at radius 3 is 2.75 bits per heavy atom. The molecule has 2 saturated heterocycles. The van der Waals surface area contributed by atoms with Gasteiger partial charge in [-0.05, 0) is 49.6 Å². The second-order valence-corrected chi connectivity index (χ2v) is 7.82. The molecule has 0 saturated carbocycles. The molecule has 0 unspecified atom stereocenters. The molecule has 4 nitrogen and oxygen atoms in total. The number of halogens is 1. The van der Waals surface area contributed by atoms with Crippen molar-refractivity contribution in [3.8, 4) is 0 Å². The van der Waals surface area contributed by atoms with E-state index in [9.17, 15) is 4.79 Å². The lowest BCUT2D eigenvalue weighted by Crippen LogP contribution is -2.42. The molecule has 2 N–H and O–H groups in total. The lowest BCUT2D eigenvalue weighted by atomic mass is 9.95. The van der Waals surface area contributed by atoms with Crippen LogP contribution < -0.4 is 10.6 Å². The van der Waals surface area contributed by atoms with Crippen molar-refractivity contribution in [3.63, 3.8) is 0 Å². The summed E-state index contributed by atoms with van der Waals surface area (Å²) in [6.45, 7) is 0. The Bertz CT molecular complexity index is 752. The van der Waals surface area contributed by atoms with E-state index in [-0.39, 0.29) is 11.9 Å². The van der Waals surface area contributed by atoms with E-state index in [0.717, 1.165) is 22.6 Å². The van der Waals surface area contributed by atoms with Crippen molar-refractivity contribution < 1.29 is 4.79 Å². The van der Waals surface area contributed by atoms with Crippen LogP contribution in [0.2, 0.25) is 5.02 Å².